The zero-order valence-electron chi connectivity index (χ0n) is 30.4. The highest BCUT2D eigenvalue weighted by atomic mass is 32.1. The average molecular weight is 747 g/mol. The molecule has 8 aromatic carbocycles. The van der Waals surface area contributed by atoms with E-state index < -0.39 is 0 Å². The zero-order valence-corrected chi connectivity index (χ0v) is 31.2. The van der Waals surface area contributed by atoms with Crippen LogP contribution in [0.5, 0.6) is 0 Å². The van der Waals surface area contributed by atoms with E-state index in [4.69, 9.17) is 19.4 Å². The highest BCUT2D eigenvalue weighted by Crippen LogP contribution is 2.46. The Morgan fingerprint density at radius 3 is 1.84 bits per heavy atom. The molecule has 0 bridgehead atoms. The highest BCUT2D eigenvalue weighted by Gasteiger charge is 2.22. The first-order valence-electron chi connectivity index (χ1n) is 19.0. The van der Waals surface area contributed by atoms with E-state index >= 15 is 0 Å². The van der Waals surface area contributed by atoms with Crippen LogP contribution in [0.1, 0.15) is 0 Å². The fraction of sp³-hybridized carbons (Fsp3) is 0. The van der Waals surface area contributed by atoms with E-state index in [1.165, 1.54) is 47.6 Å². The summed E-state index contributed by atoms with van der Waals surface area (Å²) in [6.45, 7) is 0. The smallest absolute Gasteiger partial charge is 0.166 e. The summed E-state index contributed by atoms with van der Waals surface area (Å²) in [4.78, 5) is 15.6. The standard InChI is InChI=1S/C51H30N4OS/c1-3-14-31(15-4-1)34-21-13-22-39-40-29-28-38-35-18-7-10-23-42(35)55(46(38)48(40)57-47(34)39)43-24-11-8-20-41(43)51-53-49(32-16-5-2-6-17-32)52-50(54-51)33-26-27-37-36-19-9-12-25-44(36)56-45(37)30-33/h1-30H. The number of fused-ring (bicyclic) bond motifs is 10. The van der Waals surface area contributed by atoms with E-state index in [-0.39, 0.29) is 0 Å². The van der Waals surface area contributed by atoms with Gasteiger partial charge in [0.25, 0.3) is 0 Å². The predicted octanol–water partition coefficient (Wildman–Crippen LogP) is 13.9. The summed E-state index contributed by atoms with van der Waals surface area (Å²) in [7, 11) is 0. The van der Waals surface area contributed by atoms with Crippen LogP contribution in [0.15, 0.2) is 186 Å². The molecule has 0 amide bonds. The van der Waals surface area contributed by atoms with E-state index in [0.29, 0.717) is 17.5 Å². The summed E-state index contributed by atoms with van der Waals surface area (Å²) in [5, 5.41) is 7.07. The molecule has 0 radical (unpaired) electrons. The van der Waals surface area contributed by atoms with Crippen molar-refractivity contribution in [1.82, 2.24) is 19.5 Å². The van der Waals surface area contributed by atoms with E-state index in [1.807, 2.05) is 65.9 Å². The number of para-hydroxylation sites is 3. The first-order valence-corrected chi connectivity index (χ1v) is 19.8. The van der Waals surface area contributed by atoms with Gasteiger partial charge in [-0.15, -0.1) is 11.3 Å². The molecule has 5 nitrogen and oxygen atoms in total. The molecule has 0 aliphatic rings. The minimum atomic E-state index is 0.582. The zero-order chi connectivity index (χ0) is 37.5. The van der Waals surface area contributed by atoms with Gasteiger partial charge in [0.2, 0.25) is 0 Å². The van der Waals surface area contributed by atoms with Crippen molar-refractivity contribution in [2.24, 2.45) is 0 Å². The highest BCUT2D eigenvalue weighted by molar-refractivity contribution is 7.27. The molecule has 0 spiro atoms. The largest absolute Gasteiger partial charge is 0.456 e. The van der Waals surface area contributed by atoms with Crippen molar-refractivity contribution in [3.8, 4) is 51.0 Å². The Kier molecular flexibility index (Phi) is 7.03. The third kappa shape index (κ3) is 4.98. The fourth-order valence-corrected chi connectivity index (χ4v) is 9.84. The molecule has 0 atom stereocenters. The van der Waals surface area contributed by atoms with Gasteiger partial charge < -0.3 is 8.98 Å². The maximum atomic E-state index is 6.31. The summed E-state index contributed by atoms with van der Waals surface area (Å²) in [5.41, 5.74) is 10.1. The molecule has 0 fully saturated rings. The number of hydrogen-bond acceptors (Lipinski definition) is 5. The van der Waals surface area contributed by atoms with Crippen LogP contribution in [-0.4, -0.2) is 19.5 Å². The van der Waals surface area contributed by atoms with Crippen molar-refractivity contribution in [1.29, 1.82) is 0 Å². The minimum Gasteiger partial charge on any atom is -0.456 e. The lowest BCUT2D eigenvalue weighted by atomic mass is 10.0. The van der Waals surface area contributed by atoms with Gasteiger partial charge >= 0.3 is 0 Å². The maximum Gasteiger partial charge on any atom is 0.166 e. The van der Waals surface area contributed by atoms with Crippen LogP contribution in [-0.2, 0) is 0 Å². The van der Waals surface area contributed by atoms with Crippen molar-refractivity contribution >= 4 is 75.3 Å². The Bertz CT molecular complexity index is 3530. The Balaban J connectivity index is 1.12. The molecule has 0 unspecified atom stereocenters. The monoisotopic (exact) mass is 746 g/mol. The van der Waals surface area contributed by atoms with Crippen molar-refractivity contribution in [2.75, 3.05) is 0 Å². The second kappa shape index (κ2) is 12.6. The Hall–Kier alpha value is -7.41. The average Bonchev–Trinajstić information content (AvgIpc) is 3.96. The third-order valence-electron chi connectivity index (χ3n) is 11.1. The first-order chi connectivity index (χ1) is 28.3. The summed E-state index contributed by atoms with van der Waals surface area (Å²) in [6, 6.07) is 63.7. The van der Waals surface area contributed by atoms with Crippen molar-refractivity contribution < 1.29 is 4.42 Å². The predicted molar refractivity (Wildman–Crippen MR) is 236 cm³/mol. The van der Waals surface area contributed by atoms with Crippen LogP contribution in [0, 0.1) is 0 Å². The molecule has 0 saturated heterocycles. The van der Waals surface area contributed by atoms with Gasteiger partial charge in [0.05, 0.1) is 21.4 Å². The quantitative estimate of drug-likeness (QED) is 0.176. The summed E-state index contributed by atoms with van der Waals surface area (Å²) in [6.07, 6.45) is 0. The molecule has 266 valence electrons. The number of benzene rings is 8. The molecule has 6 heteroatoms. The number of rotatable bonds is 5. The van der Waals surface area contributed by atoms with Gasteiger partial charge in [0, 0.05) is 53.7 Å². The van der Waals surface area contributed by atoms with Crippen LogP contribution in [0.2, 0.25) is 0 Å². The molecular formula is C51H30N4OS. The number of nitrogens with zero attached hydrogens (tertiary/aromatic N) is 4. The van der Waals surface area contributed by atoms with Gasteiger partial charge in [-0.1, -0.05) is 146 Å². The summed E-state index contributed by atoms with van der Waals surface area (Å²) < 4.78 is 11.3. The molecular weight excluding hydrogens is 717 g/mol. The van der Waals surface area contributed by atoms with Gasteiger partial charge in [0.15, 0.2) is 17.5 Å². The molecule has 0 aliphatic heterocycles. The molecule has 4 heterocycles. The number of hydrogen-bond donors (Lipinski definition) is 0. The lowest BCUT2D eigenvalue weighted by Gasteiger charge is -2.15. The van der Waals surface area contributed by atoms with Gasteiger partial charge in [-0.3, -0.25) is 0 Å². The summed E-state index contributed by atoms with van der Waals surface area (Å²) in [5.74, 6) is 1.79. The number of thiophene rings is 1. The molecule has 12 aromatic rings. The van der Waals surface area contributed by atoms with Crippen LogP contribution in [0.3, 0.4) is 0 Å². The Morgan fingerprint density at radius 2 is 0.982 bits per heavy atom. The van der Waals surface area contributed by atoms with Crippen LogP contribution < -0.4 is 0 Å². The molecule has 0 N–H and O–H groups in total. The van der Waals surface area contributed by atoms with Crippen LogP contribution in [0.4, 0.5) is 0 Å². The van der Waals surface area contributed by atoms with Gasteiger partial charge in [-0.25, -0.2) is 15.0 Å². The van der Waals surface area contributed by atoms with E-state index in [2.05, 4.69) is 132 Å². The van der Waals surface area contributed by atoms with E-state index in [9.17, 15) is 0 Å². The normalized spacial score (nSPS) is 11.9. The number of aromatic nitrogens is 4. The van der Waals surface area contributed by atoms with Gasteiger partial charge in [0.1, 0.15) is 11.2 Å². The second-order valence-corrected chi connectivity index (χ2v) is 15.4. The van der Waals surface area contributed by atoms with Crippen LogP contribution in [0.25, 0.3) is 115 Å². The molecule has 0 aliphatic carbocycles. The van der Waals surface area contributed by atoms with Crippen molar-refractivity contribution in [3.05, 3.63) is 182 Å². The molecule has 0 saturated carbocycles. The SMILES string of the molecule is c1ccc(-c2nc(-c3ccc4c(c3)oc3ccccc34)nc(-c3ccccc3-n3c4ccccc4c4ccc5c6cccc(-c7ccccc7)c6sc5c43)n2)cc1. The number of furan rings is 1. The molecule has 57 heavy (non-hydrogen) atoms. The molecule has 4 aromatic heterocycles. The topological polar surface area (TPSA) is 56.7 Å². The van der Waals surface area contributed by atoms with Crippen molar-refractivity contribution in [2.45, 2.75) is 0 Å². The van der Waals surface area contributed by atoms with Gasteiger partial charge in [-0.05, 0) is 47.5 Å². The lowest BCUT2D eigenvalue weighted by Crippen LogP contribution is -2.03. The minimum absolute atomic E-state index is 0.582. The summed E-state index contributed by atoms with van der Waals surface area (Å²) >= 11 is 1.87. The Labute approximate surface area is 330 Å². The lowest BCUT2D eigenvalue weighted by molar-refractivity contribution is 0.669. The van der Waals surface area contributed by atoms with E-state index in [0.717, 1.165) is 49.8 Å². The van der Waals surface area contributed by atoms with Crippen LogP contribution >= 0.6 is 11.3 Å². The molecule has 12 rings (SSSR count). The third-order valence-corrected chi connectivity index (χ3v) is 12.3. The van der Waals surface area contributed by atoms with Gasteiger partial charge in [-0.2, -0.15) is 0 Å². The maximum absolute atomic E-state index is 6.31. The Morgan fingerprint density at radius 1 is 0.386 bits per heavy atom. The van der Waals surface area contributed by atoms with E-state index in [1.54, 1.807) is 0 Å². The first kappa shape index (κ1) is 31.9. The fourth-order valence-electron chi connectivity index (χ4n) is 8.46. The van der Waals surface area contributed by atoms with Crippen molar-refractivity contribution in [3.63, 3.8) is 0 Å². The second-order valence-electron chi connectivity index (χ2n) is 14.3.